The summed E-state index contributed by atoms with van der Waals surface area (Å²) >= 11 is 0. The smallest absolute Gasteiger partial charge is 0 e. The maximum Gasteiger partial charge on any atom is 0 e. The van der Waals surface area contributed by atoms with Crippen LogP contribution in [0.1, 0.15) is 16.7 Å². The minimum absolute atomic E-state index is 0. The van der Waals surface area contributed by atoms with Crippen LogP contribution >= 0.6 is 8.15 Å². The second kappa shape index (κ2) is 18.3. The Balaban J connectivity index is 0.00000136. The van der Waals surface area contributed by atoms with Crippen LogP contribution in [0.3, 0.4) is 0 Å². The fraction of sp³-hybridized carbons (Fsp3) is 0.0370. The van der Waals surface area contributed by atoms with Crippen molar-refractivity contribution in [3.05, 3.63) is 158 Å². The molecule has 0 aliphatic carbocycles. The first-order valence-corrected chi connectivity index (χ1v) is 10.8. The van der Waals surface area contributed by atoms with E-state index in [1.165, 1.54) is 33.9 Å². The molecule has 0 bridgehead atoms. The van der Waals surface area contributed by atoms with Gasteiger partial charge in [-0.3, -0.25) is 0 Å². The summed E-state index contributed by atoms with van der Waals surface area (Å²) in [6.45, 7) is 13.5. The van der Waals surface area contributed by atoms with Crippen molar-refractivity contribution in [2.45, 2.75) is 0 Å². The third-order valence-corrected chi connectivity index (χ3v) is 6.82. The number of hydrogen-bond donors (Lipinski definition) is 0. The van der Waals surface area contributed by atoms with Gasteiger partial charge in [-0.05, 0) is 5.56 Å². The second-order valence-corrected chi connectivity index (χ2v) is 8.35. The van der Waals surface area contributed by atoms with E-state index in [0.717, 1.165) is 0 Å². The zero-order valence-electron chi connectivity index (χ0n) is 17.9. The Morgan fingerprint density at radius 3 is 1.15 bits per heavy atom. The van der Waals surface area contributed by atoms with Gasteiger partial charge in [0.1, 0.15) is 0 Å². The van der Waals surface area contributed by atoms with E-state index < -0.39 is 8.15 Å². The van der Waals surface area contributed by atoms with E-state index in [4.69, 9.17) is 18.5 Å². The van der Waals surface area contributed by atoms with Gasteiger partial charge in [-0.1, -0.05) is 91.0 Å². The maximum absolute atomic E-state index is 7.50. The number of benzene rings is 3. The Morgan fingerprint density at radius 2 is 0.848 bits per heavy atom. The SMILES string of the molecule is CO[PH+]1[C](c2ccccc2)[CH][C](c2ccccc2)[CH][C]1c1ccccc1.[C-]#[O+].[C-]#[O+].[C-]#[O+].[Cr]. The van der Waals surface area contributed by atoms with Gasteiger partial charge in [0.25, 0.3) is 0 Å². The fourth-order valence-corrected chi connectivity index (χ4v) is 5.47. The second-order valence-electron chi connectivity index (χ2n) is 6.20. The van der Waals surface area contributed by atoms with Gasteiger partial charge in [-0.2, -0.15) is 0 Å². The van der Waals surface area contributed by atoms with E-state index in [9.17, 15) is 0 Å². The number of hydrogen-bond acceptors (Lipinski definition) is 1. The molecule has 0 unspecified atom stereocenters. The van der Waals surface area contributed by atoms with E-state index >= 15 is 0 Å². The predicted molar refractivity (Wildman–Crippen MR) is 122 cm³/mol. The van der Waals surface area contributed by atoms with Gasteiger partial charge in [0.2, 0.25) is 0 Å². The van der Waals surface area contributed by atoms with Gasteiger partial charge < -0.3 is 0 Å². The molecule has 1 saturated heterocycles. The minimum atomic E-state index is -1.31. The molecule has 0 aromatic heterocycles. The van der Waals surface area contributed by atoms with Crippen molar-refractivity contribution in [2.75, 3.05) is 7.11 Å². The third kappa shape index (κ3) is 8.58. The molecule has 1 heterocycles. The van der Waals surface area contributed by atoms with E-state index in [-0.39, 0.29) is 17.4 Å². The van der Waals surface area contributed by atoms with Gasteiger partial charge in [-0.15, -0.1) is 0 Å². The summed E-state index contributed by atoms with van der Waals surface area (Å²) in [6, 6.07) is 31.7. The van der Waals surface area contributed by atoms with Gasteiger partial charge >= 0.3 is 33.9 Å². The largest absolute Gasteiger partial charge is 0 e. The van der Waals surface area contributed by atoms with E-state index in [1.807, 2.05) is 7.11 Å². The molecule has 163 valence electrons. The first-order chi connectivity index (χ1) is 15.9. The maximum atomic E-state index is 7.50. The Kier molecular flexibility index (Phi) is 17.0. The van der Waals surface area contributed by atoms with Crippen molar-refractivity contribution in [1.82, 2.24) is 0 Å². The molecule has 3 aromatic carbocycles. The summed E-state index contributed by atoms with van der Waals surface area (Å²) < 4.78 is 28.6. The quantitative estimate of drug-likeness (QED) is 0.256. The molecule has 33 heavy (non-hydrogen) atoms. The van der Waals surface area contributed by atoms with Crippen LogP contribution in [0.5, 0.6) is 0 Å². The average molecular weight is 492 g/mol. The van der Waals surface area contributed by atoms with Crippen LogP contribution in [0.2, 0.25) is 0 Å². The zero-order chi connectivity index (χ0) is 23.8. The molecule has 0 N–H and O–H groups in total. The molecule has 3 aromatic rings. The van der Waals surface area contributed by atoms with Crippen molar-refractivity contribution >= 4 is 8.15 Å². The Labute approximate surface area is 208 Å². The summed E-state index contributed by atoms with van der Waals surface area (Å²) in [4.78, 5) is 0. The standard InChI is InChI=1S/C24H21OP.3CO.Cr/c1-25-26-23(20-13-7-3-8-14-20)17-22(19-11-5-2-6-12-19)18-24(26)21-15-9-4-10-16-21;3*1-2;/h2-18,26H,1H3;;;;/q+1;;;;. The van der Waals surface area contributed by atoms with Crippen LogP contribution in [-0.2, 0) is 35.8 Å². The Bertz CT molecular complexity index is 882. The molecule has 5 radical (unpaired) electrons. The van der Waals surface area contributed by atoms with E-state index in [2.05, 4.69) is 124 Å². The van der Waals surface area contributed by atoms with Gasteiger partial charge in [-0.25, -0.2) is 4.52 Å². The number of rotatable bonds is 4. The molecule has 0 atom stereocenters. The van der Waals surface area contributed by atoms with E-state index in [0.29, 0.717) is 0 Å². The molecular formula is C27H21CrO4P+. The first kappa shape index (κ1) is 30.8. The van der Waals surface area contributed by atoms with Crippen molar-refractivity contribution in [2.24, 2.45) is 0 Å². The summed E-state index contributed by atoms with van der Waals surface area (Å²) in [6.07, 6.45) is 4.60. The normalized spacial score (nSPS) is 13.9. The molecule has 1 fully saturated rings. The zero-order valence-corrected chi connectivity index (χ0v) is 20.1. The molecule has 0 spiro atoms. The molecule has 1 aliphatic heterocycles. The fourth-order valence-electron chi connectivity index (χ4n) is 3.31. The summed E-state index contributed by atoms with van der Waals surface area (Å²) in [5.41, 5.74) is 6.28. The molecule has 0 saturated carbocycles. The molecular weight excluding hydrogens is 471 g/mol. The van der Waals surface area contributed by atoms with Crippen molar-refractivity contribution < 1.29 is 35.8 Å². The third-order valence-electron chi connectivity index (χ3n) is 4.57. The first-order valence-electron chi connectivity index (χ1n) is 9.36. The molecule has 1 aliphatic rings. The molecule has 6 heteroatoms. The van der Waals surface area contributed by atoms with Gasteiger partial charge in [0.05, 0.1) is 7.11 Å². The minimum Gasteiger partial charge on any atom is 0 e. The summed E-state index contributed by atoms with van der Waals surface area (Å²) in [5, 5.41) is 0. The monoisotopic (exact) mass is 492 g/mol. The van der Waals surface area contributed by atoms with Crippen LogP contribution in [0.4, 0.5) is 0 Å². The van der Waals surface area contributed by atoms with Crippen LogP contribution in [0.25, 0.3) is 0 Å². The Hall–Kier alpha value is -2.20. The van der Waals surface area contributed by atoms with Gasteiger partial charge in [0.15, 0.2) is 19.5 Å². The van der Waals surface area contributed by atoms with Crippen molar-refractivity contribution in [3.63, 3.8) is 0 Å². The molecule has 4 rings (SSSR count). The molecule has 0 amide bonds. The van der Waals surface area contributed by atoms with Crippen LogP contribution in [0.15, 0.2) is 91.0 Å². The van der Waals surface area contributed by atoms with Crippen molar-refractivity contribution in [3.8, 4) is 0 Å². The Morgan fingerprint density at radius 1 is 0.545 bits per heavy atom. The van der Waals surface area contributed by atoms with Crippen molar-refractivity contribution in [1.29, 1.82) is 0 Å². The predicted octanol–water partition coefficient (Wildman–Crippen LogP) is 5.85. The summed E-state index contributed by atoms with van der Waals surface area (Å²) in [5.74, 6) is 1.23. The van der Waals surface area contributed by atoms with E-state index in [1.54, 1.807) is 0 Å². The topological polar surface area (TPSA) is 68.9 Å². The summed E-state index contributed by atoms with van der Waals surface area (Å²) in [7, 11) is 0.522. The van der Waals surface area contributed by atoms with Crippen LogP contribution < -0.4 is 0 Å². The average Bonchev–Trinajstić information content (AvgIpc) is 2.93. The molecule has 4 nitrogen and oxygen atoms in total. The van der Waals surface area contributed by atoms with Gasteiger partial charge in [0, 0.05) is 47.2 Å². The van der Waals surface area contributed by atoms with Crippen LogP contribution in [-0.4, -0.2) is 7.11 Å². The van der Waals surface area contributed by atoms with Crippen LogP contribution in [0, 0.1) is 50.0 Å².